The average molecular weight is 274 g/mol. The molecule has 1 heterocycles. The molecule has 0 radical (unpaired) electrons. The van der Waals surface area contributed by atoms with Crippen LogP contribution in [0.2, 0.25) is 0 Å². The van der Waals surface area contributed by atoms with Crippen molar-refractivity contribution in [3.63, 3.8) is 0 Å². The summed E-state index contributed by atoms with van der Waals surface area (Å²) in [5, 5.41) is 6.39. The molecule has 1 amide bonds. The summed E-state index contributed by atoms with van der Waals surface area (Å²) in [5.74, 6) is 0.878. The number of aromatic nitrogens is 2. The molecule has 0 bridgehead atoms. The molecule has 0 saturated heterocycles. The van der Waals surface area contributed by atoms with E-state index >= 15 is 0 Å². The second-order valence-electron chi connectivity index (χ2n) is 4.54. The average Bonchev–Trinajstić information content (AvgIpc) is 2.91. The van der Waals surface area contributed by atoms with Gasteiger partial charge < -0.3 is 15.4 Å². The molecule has 20 heavy (non-hydrogen) atoms. The van der Waals surface area contributed by atoms with Gasteiger partial charge in [0.05, 0.1) is 13.2 Å². The summed E-state index contributed by atoms with van der Waals surface area (Å²) in [6.07, 6.45) is 0. The lowest BCUT2D eigenvalue weighted by Gasteiger charge is -2.26. The smallest absolute Gasteiger partial charge is 0.272 e. The molecule has 0 saturated carbocycles. The van der Waals surface area contributed by atoms with Crippen molar-refractivity contribution in [1.82, 2.24) is 15.1 Å². The van der Waals surface area contributed by atoms with Gasteiger partial charge in [0, 0.05) is 18.7 Å². The van der Waals surface area contributed by atoms with Gasteiger partial charge in [-0.25, -0.2) is 0 Å². The van der Waals surface area contributed by atoms with Crippen molar-refractivity contribution in [2.75, 3.05) is 19.9 Å². The van der Waals surface area contributed by atoms with Crippen molar-refractivity contribution in [2.45, 2.75) is 13.0 Å². The number of hydrogen-bond donors (Lipinski definition) is 2. The Kier molecular flexibility index (Phi) is 3.93. The summed E-state index contributed by atoms with van der Waals surface area (Å²) >= 11 is 0. The summed E-state index contributed by atoms with van der Waals surface area (Å²) in [7, 11) is 3.35. The van der Waals surface area contributed by atoms with Crippen LogP contribution in [0.25, 0.3) is 0 Å². The largest absolute Gasteiger partial charge is 0.496 e. The van der Waals surface area contributed by atoms with Gasteiger partial charge in [-0.15, -0.1) is 0 Å². The number of carbonyl (C=O) groups is 1. The van der Waals surface area contributed by atoms with Crippen molar-refractivity contribution in [3.8, 4) is 5.75 Å². The third kappa shape index (κ3) is 2.59. The number of benzene rings is 1. The van der Waals surface area contributed by atoms with Gasteiger partial charge in [-0.2, -0.15) is 5.10 Å². The Morgan fingerprint density at radius 1 is 1.45 bits per heavy atom. The molecule has 0 fully saturated rings. The first-order valence-electron chi connectivity index (χ1n) is 6.25. The van der Waals surface area contributed by atoms with E-state index in [0.717, 1.165) is 11.3 Å². The van der Waals surface area contributed by atoms with Crippen LogP contribution >= 0.6 is 0 Å². The summed E-state index contributed by atoms with van der Waals surface area (Å²) in [6, 6.07) is 9.01. The normalized spacial score (nSPS) is 11.9. The lowest BCUT2D eigenvalue weighted by Crippen LogP contribution is -2.30. The van der Waals surface area contributed by atoms with E-state index in [4.69, 9.17) is 10.5 Å². The van der Waals surface area contributed by atoms with Gasteiger partial charge in [0.15, 0.2) is 0 Å². The number of nitrogens with one attached hydrogen (secondary N) is 1. The highest BCUT2D eigenvalue weighted by molar-refractivity contribution is 5.93. The van der Waals surface area contributed by atoms with E-state index in [9.17, 15) is 4.79 Å². The summed E-state index contributed by atoms with van der Waals surface area (Å²) in [4.78, 5) is 13.9. The molecule has 1 atom stereocenters. The third-order valence-corrected chi connectivity index (χ3v) is 3.32. The number of nitrogen functional groups attached to an aromatic ring is 1. The van der Waals surface area contributed by atoms with E-state index < -0.39 is 0 Å². The standard InChI is InChI=1S/C14H18N4O2/c1-9(10-6-4-5-7-12(10)20-3)18(2)14(19)11-8-13(15)17-16-11/h4-9H,1-3H3,(H3,15,16,17). The van der Waals surface area contributed by atoms with Gasteiger partial charge in [0.25, 0.3) is 5.91 Å². The summed E-state index contributed by atoms with van der Waals surface area (Å²) < 4.78 is 5.33. The maximum atomic E-state index is 12.3. The molecule has 3 N–H and O–H groups in total. The maximum Gasteiger partial charge on any atom is 0.272 e. The number of ether oxygens (including phenoxy) is 1. The molecule has 2 rings (SSSR count). The number of rotatable bonds is 4. The van der Waals surface area contributed by atoms with Crippen LogP contribution in [-0.4, -0.2) is 35.2 Å². The number of anilines is 1. The van der Waals surface area contributed by atoms with Crippen LogP contribution in [0.5, 0.6) is 5.75 Å². The fourth-order valence-electron chi connectivity index (χ4n) is 2.03. The molecule has 0 aliphatic rings. The van der Waals surface area contributed by atoms with Gasteiger partial charge in [0.1, 0.15) is 17.3 Å². The Labute approximate surface area is 117 Å². The van der Waals surface area contributed by atoms with Crippen molar-refractivity contribution < 1.29 is 9.53 Å². The minimum absolute atomic E-state index is 0.136. The molecule has 1 unspecified atom stereocenters. The fourth-order valence-corrected chi connectivity index (χ4v) is 2.03. The van der Waals surface area contributed by atoms with E-state index in [1.807, 2.05) is 31.2 Å². The minimum Gasteiger partial charge on any atom is -0.496 e. The summed E-state index contributed by atoms with van der Waals surface area (Å²) in [6.45, 7) is 1.94. The maximum absolute atomic E-state index is 12.3. The second kappa shape index (κ2) is 5.64. The van der Waals surface area contributed by atoms with Crippen LogP contribution in [0.1, 0.15) is 29.0 Å². The van der Waals surface area contributed by atoms with Crippen LogP contribution in [-0.2, 0) is 0 Å². The van der Waals surface area contributed by atoms with E-state index in [-0.39, 0.29) is 11.9 Å². The Morgan fingerprint density at radius 3 is 2.75 bits per heavy atom. The van der Waals surface area contributed by atoms with Crippen LogP contribution < -0.4 is 10.5 Å². The highest BCUT2D eigenvalue weighted by atomic mass is 16.5. The van der Waals surface area contributed by atoms with Crippen molar-refractivity contribution in [1.29, 1.82) is 0 Å². The van der Waals surface area contributed by atoms with Crippen molar-refractivity contribution in [2.24, 2.45) is 0 Å². The van der Waals surface area contributed by atoms with Gasteiger partial charge in [0.2, 0.25) is 0 Å². The molecule has 1 aromatic carbocycles. The van der Waals surface area contributed by atoms with Gasteiger partial charge >= 0.3 is 0 Å². The first-order valence-corrected chi connectivity index (χ1v) is 6.25. The number of carbonyl (C=O) groups excluding carboxylic acids is 1. The molecule has 1 aromatic heterocycles. The Morgan fingerprint density at radius 2 is 2.15 bits per heavy atom. The molecular weight excluding hydrogens is 256 g/mol. The first-order chi connectivity index (χ1) is 9.54. The predicted molar refractivity (Wildman–Crippen MR) is 76.5 cm³/mol. The van der Waals surface area contributed by atoms with Crippen molar-refractivity contribution >= 4 is 11.7 Å². The predicted octanol–water partition coefficient (Wildman–Crippen LogP) is 1.83. The van der Waals surface area contributed by atoms with Crippen LogP contribution in [0.4, 0.5) is 5.82 Å². The molecule has 0 spiro atoms. The zero-order valence-corrected chi connectivity index (χ0v) is 11.8. The Balaban J connectivity index is 2.24. The second-order valence-corrected chi connectivity index (χ2v) is 4.54. The molecule has 0 aliphatic heterocycles. The molecule has 0 aliphatic carbocycles. The molecule has 6 heteroatoms. The number of para-hydroxylation sites is 1. The third-order valence-electron chi connectivity index (χ3n) is 3.32. The van der Waals surface area contributed by atoms with E-state index in [0.29, 0.717) is 11.5 Å². The van der Waals surface area contributed by atoms with Gasteiger partial charge in [-0.3, -0.25) is 9.89 Å². The van der Waals surface area contributed by atoms with Gasteiger partial charge in [-0.05, 0) is 13.0 Å². The number of methoxy groups -OCH3 is 1. The SMILES string of the molecule is COc1ccccc1C(C)N(C)C(=O)c1cc(N)n[nH]1. The highest BCUT2D eigenvalue weighted by Gasteiger charge is 2.22. The fraction of sp³-hybridized carbons (Fsp3) is 0.286. The van der Waals surface area contributed by atoms with Crippen LogP contribution in [0, 0.1) is 0 Å². The molecular formula is C14H18N4O2. The zero-order valence-electron chi connectivity index (χ0n) is 11.8. The first kappa shape index (κ1) is 13.9. The number of nitrogens with two attached hydrogens (primary N) is 1. The van der Waals surface area contributed by atoms with E-state index in [1.165, 1.54) is 6.07 Å². The van der Waals surface area contributed by atoms with Crippen LogP contribution in [0.15, 0.2) is 30.3 Å². The quantitative estimate of drug-likeness (QED) is 0.891. The highest BCUT2D eigenvalue weighted by Crippen LogP contribution is 2.28. The number of amides is 1. The lowest BCUT2D eigenvalue weighted by molar-refractivity contribution is 0.0735. The van der Waals surface area contributed by atoms with Crippen LogP contribution in [0.3, 0.4) is 0 Å². The topological polar surface area (TPSA) is 84.2 Å². The number of aromatic amines is 1. The number of hydrogen-bond acceptors (Lipinski definition) is 4. The lowest BCUT2D eigenvalue weighted by atomic mass is 10.1. The Hall–Kier alpha value is -2.50. The molecule has 106 valence electrons. The molecule has 2 aromatic rings. The monoisotopic (exact) mass is 274 g/mol. The number of nitrogens with zero attached hydrogens (tertiary/aromatic N) is 2. The van der Waals surface area contributed by atoms with E-state index in [1.54, 1.807) is 19.1 Å². The minimum atomic E-state index is -0.174. The Bertz CT molecular complexity index is 609. The van der Waals surface area contributed by atoms with Crippen molar-refractivity contribution in [3.05, 3.63) is 41.6 Å². The summed E-state index contributed by atoms with van der Waals surface area (Å²) in [5.41, 5.74) is 6.83. The van der Waals surface area contributed by atoms with Gasteiger partial charge in [-0.1, -0.05) is 18.2 Å². The molecule has 6 nitrogen and oxygen atoms in total. The number of H-pyrrole nitrogens is 1. The van der Waals surface area contributed by atoms with E-state index in [2.05, 4.69) is 10.2 Å². The zero-order chi connectivity index (χ0) is 14.7.